The highest BCUT2D eigenvalue weighted by atomic mass is 35.5. The largest absolute Gasteiger partial charge is 0.359 e. The Labute approximate surface area is 188 Å². The topological polar surface area (TPSA) is 40.5 Å². The number of piperidine rings is 1. The molecular formula is C25H27ClN4O. The fourth-order valence-electron chi connectivity index (χ4n) is 5.21. The van der Waals surface area contributed by atoms with Crippen LogP contribution < -0.4 is 10.2 Å². The van der Waals surface area contributed by atoms with E-state index in [9.17, 15) is 4.79 Å². The van der Waals surface area contributed by atoms with Crippen molar-refractivity contribution in [2.45, 2.75) is 32.2 Å². The molecule has 1 aromatic heterocycles. The third-order valence-corrected chi connectivity index (χ3v) is 6.96. The molecule has 2 aliphatic rings. The van der Waals surface area contributed by atoms with Crippen LogP contribution in [0.15, 0.2) is 60.8 Å². The Morgan fingerprint density at radius 3 is 2.52 bits per heavy atom. The first-order chi connectivity index (χ1) is 15.0. The zero-order valence-electron chi connectivity index (χ0n) is 17.9. The molecule has 0 atom stereocenters. The number of likely N-dealkylation sites (tertiary alicyclic amines) is 1. The fraction of sp³-hybridized carbons (Fsp3) is 0.320. The van der Waals surface area contributed by atoms with Crippen LogP contribution in [0.25, 0.3) is 5.69 Å². The molecule has 31 heavy (non-hydrogen) atoms. The van der Waals surface area contributed by atoms with E-state index in [0.29, 0.717) is 18.1 Å². The molecule has 0 aliphatic carbocycles. The number of nitrogens with one attached hydrogen (secondary N) is 1. The van der Waals surface area contributed by atoms with Gasteiger partial charge in [-0.3, -0.25) is 0 Å². The number of anilines is 2. The molecule has 160 valence electrons. The second kappa shape index (κ2) is 7.65. The first-order valence-corrected chi connectivity index (χ1v) is 11.3. The Morgan fingerprint density at radius 1 is 1.06 bits per heavy atom. The van der Waals surface area contributed by atoms with Crippen LogP contribution in [-0.2, 0) is 5.54 Å². The molecule has 5 rings (SSSR count). The number of aryl methyl sites for hydroxylation is 1. The lowest BCUT2D eigenvalue weighted by Crippen LogP contribution is -2.57. The van der Waals surface area contributed by atoms with Gasteiger partial charge in [-0.2, -0.15) is 0 Å². The average molecular weight is 435 g/mol. The number of hydrogen-bond donors (Lipinski definition) is 1. The van der Waals surface area contributed by atoms with Crippen molar-refractivity contribution in [2.75, 3.05) is 29.9 Å². The van der Waals surface area contributed by atoms with E-state index >= 15 is 0 Å². The zero-order chi connectivity index (χ0) is 21.6. The highest BCUT2D eigenvalue weighted by Crippen LogP contribution is 2.48. The van der Waals surface area contributed by atoms with E-state index in [-0.39, 0.29) is 11.6 Å². The lowest BCUT2D eigenvalue weighted by Gasteiger charge is -2.53. The minimum Gasteiger partial charge on any atom is -0.359 e. The summed E-state index contributed by atoms with van der Waals surface area (Å²) in [4.78, 5) is 17.4. The van der Waals surface area contributed by atoms with Gasteiger partial charge in [-0.05, 0) is 80.8 Å². The van der Waals surface area contributed by atoms with Gasteiger partial charge < -0.3 is 19.7 Å². The van der Waals surface area contributed by atoms with Crippen LogP contribution in [0.3, 0.4) is 0 Å². The molecule has 1 N–H and O–H groups in total. The van der Waals surface area contributed by atoms with Crippen LogP contribution >= 0.6 is 11.6 Å². The molecule has 2 aromatic carbocycles. The first kappa shape index (κ1) is 20.0. The SMILES string of the molecule is CCN1c2cc(C)ccc2-n2cccc2C12CCN(C(=O)Nc1ccc(Cl)cc1)CC2. The maximum Gasteiger partial charge on any atom is 0.321 e. The summed E-state index contributed by atoms with van der Waals surface area (Å²) in [6.07, 6.45) is 3.95. The van der Waals surface area contributed by atoms with Crippen molar-refractivity contribution in [1.82, 2.24) is 9.47 Å². The third-order valence-electron chi connectivity index (χ3n) is 6.71. The van der Waals surface area contributed by atoms with Gasteiger partial charge in [0.1, 0.15) is 0 Å². The molecule has 2 amide bonds. The van der Waals surface area contributed by atoms with Gasteiger partial charge in [-0.1, -0.05) is 17.7 Å². The van der Waals surface area contributed by atoms with Crippen molar-refractivity contribution >= 4 is 29.0 Å². The molecule has 3 aromatic rings. The predicted molar refractivity (Wildman–Crippen MR) is 126 cm³/mol. The van der Waals surface area contributed by atoms with Crippen LogP contribution in [0, 0.1) is 6.92 Å². The molecule has 1 spiro atoms. The number of amides is 2. The van der Waals surface area contributed by atoms with Crippen LogP contribution in [-0.4, -0.2) is 35.1 Å². The summed E-state index contributed by atoms with van der Waals surface area (Å²) in [5.74, 6) is 0. The van der Waals surface area contributed by atoms with E-state index in [1.165, 1.54) is 22.6 Å². The summed E-state index contributed by atoms with van der Waals surface area (Å²) in [5, 5.41) is 3.66. The smallest absolute Gasteiger partial charge is 0.321 e. The number of urea groups is 1. The number of carbonyl (C=O) groups excluding carboxylic acids is 1. The summed E-state index contributed by atoms with van der Waals surface area (Å²) in [6, 6.07) is 18.3. The van der Waals surface area contributed by atoms with Crippen molar-refractivity contribution < 1.29 is 4.79 Å². The maximum absolute atomic E-state index is 12.9. The van der Waals surface area contributed by atoms with Gasteiger partial charge in [0.15, 0.2) is 0 Å². The average Bonchev–Trinajstić information content (AvgIpc) is 3.27. The second-order valence-electron chi connectivity index (χ2n) is 8.46. The maximum atomic E-state index is 12.9. The summed E-state index contributed by atoms with van der Waals surface area (Å²) >= 11 is 5.95. The zero-order valence-corrected chi connectivity index (χ0v) is 18.7. The summed E-state index contributed by atoms with van der Waals surface area (Å²) in [7, 11) is 0. The van der Waals surface area contributed by atoms with Crippen LogP contribution in [0.4, 0.5) is 16.2 Å². The number of hydrogen-bond acceptors (Lipinski definition) is 2. The van der Waals surface area contributed by atoms with E-state index in [1.54, 1.807) is 12.1 Å². The number of aromatic nitrogens is 1. The Hall–Kier alpha value is -2.92. The standard InChI is InChI=1S/C25H27ClN4O/c1-3-30-22-17-18(2)6-11-21(22)29-14-4-5-23(29)25(30)12-15-28(16-13-25)24(31)27-20-9-7-19(26)8-10-20/h4-11,14,17H,3,12-13,15-16H2,1-2H3,(H,27,31). The van der Waals surface area contributed by atoms with Gasteiger partial charge in [0.25, 0.3) is 0 Å². The van der Waals surface area contributed by atoms with Gasteiger partial charge in [0.2, 0.25) is 0 Å². The molecule has 6 heteroatoms. The molecule has 0 unspecified atom stereocenters. The van der Waals surface area contributed by atoms with Crippen molar-refractivity contribution in [3.05, 3.63) is 77.1 Å². The lowest BCUT2D eigenvalue weighted by atomic mass is 9.80. The molecule has 5 nitrogen and oxygen atoms in total. The number of carbonyl (C=O) groups is 1. The molecule has 1 fully saturated rings. The minimum absolute atomic E-state index is 0.0531. The lowest BCUT2D eigenvalue weighted by molar-refractivity contribution is 0.161. The van der Waals surface area contributed by atoms with Crippen LogP contribution in [0.2, 0.25) is 5.02 Å². The Morgan fingerprint density at radius 2 is 1.81 bits per heavy atom. The van der Waals surface area contributed by atoms with Crippen molar-refractivity contribution in [1.29, 1.82) is 0 Å². The minimum atomic E-state index is -0.101. The third kappa shape index (κ3) is 3.28. The highest BCUT2D eigenvalue weighted by Gasteiger charge is 2.46. The van der Waals surface area contributed by atoms with Gasteiger partial charge in [-0.25, -0.2) is 4.79 Å². The van der Waals surface area contributed by atoms with E-state index in [1.807, 2.05) is 17.0 Å². The number of benzene rings is 2. The Bertz CT molecular complexity index is 1110. The van der Waals surface area contributed by atoms with Crippen molar-refractivity contribution in [2.24, 2.45) is 0 Å². The molecule has 0 bridgehead atoms. The van der Waals surface area contributed by atoms with Crippen molar-refractivity contribution in [3.8, 4) is 5.69 Å². The van der Waals surface area contributed by atoms with Gasteiger partial charge >= 0.3 is 6.03 Å². The Kier molecular flexibility index (Phi) is 4.94. The van der Waals surface area contributed by atoms with E-state index in [0.717, 1.165) is 25.1 Å². The van der Waals surface area contributed by atoms with E-state index in [2.05, 4.69) is 65.2 Å². The van der Waals surface area contributed by atoms with Gasteiger partial charge in [-0.15, -0.1) is 0 Å². The predicted octanol–water partition coefficient (Wildman–Crippen LogP) is 5.80. The quantitative estimate of drug-likeness (QED) is 0.553. The normalized spacial score (nSPS) is 16.7. The fourth-order valence-corrected chi connectivity index (χ4v) is 5.33. The molecule has 3 heterocycles. The second-order valence-corrected chi connectivity index (χ2v) is 8.89. The van der Waals surface area contributed by atoms with Crippen LogP contribution in [0.1, 0.15) is 31.0 Å². The summed E-state index contributed by atoms with van der Waals surface area (Å²) in [5.41, 5.74) is 5.77. The molecule has 1 saturated heterocycles. The number of halogens is 1. The Balaban J connectivity index is 1.41. The molecule has 0 saturated carbocycles. The van der Waals surface area contributed by atoms with E-state index in [4.69, 9.17) is 11.6 Å². The monoisotopic (exact) mass is 434 g/mol. The van der Waals surface area contributed by atoms with E-state index < -0.39 is 0 Å². The van der Waals surface area contributed by atoms with Crippen molar-refractivity contribution in [3.63, 3.8) is 0 Å². The highest BCUT2D eigenvalue weighted by molar-refractivity contribution is 6.30. The number of rotatable bonds is 2. The number of nitrogens with zero attached hydrogens (tertiary/aromatic N) is 3. The molecular weight excluding hydrogens is 408 g/mol. The molecule has 0 radical (unpaired) electrons. The van der Waals surface area contributed by atoms with Gasteiger partial charge in [0, 0.05) is 42.2 Å². The summed E-state index contributed by atoms with van der Waals surface area (Å²) in [6.45, 7) is 6.73. The summed E-state index contributed by atoms with van der Waals surface area (Å²) < 4.78 is 2.34. The number of fused-ring (bicyclic) bond motifs is 4. The van der Waals surface area contributed by atoms with Crippen LogP contribution in [0.5, 0.6) is 0 Å². The first-order valence-electron chi connectivity index (χ1n) is 10.9. The van der Waals surface area contributed by atoms with Gasteiger partial charge in [0.05, 0.1) is 16.9 Å². The molecule has 2 aliphatic heterocycles.